The second-order valence-corrected chi connectivity index (χ2v) is 8.14. The first-order valence-electron chi connectivity index (χ1n) is 10.8. The third kappa shape index (κ3) is 4.30. The van der Waals surface area contributed by atoms with Crippen molar-refractivity contribution >= 4 is 17.3 Å². The minimum Gasteiger partial charge on any atom is -0.490 e. The summed E-state index contributed by atoms with van der Waals surface area (Å²) in [6, 6.07) is 13.8. The average Bonchev–Trinajstić information content (AvgIpc) is 3.39. The van der Waals surface area contributed by atoms with Crippen molar-refractivity contribution < 1.29 is 14.3 Å². The van der Waals surface area contributed by atoms with E-state index in [1.165, 1.54) is 12.8 Å². The van der Waals surface area contributed by atoms with Crippen LogP contribution in [0.3, 0.4) is 0 Å². The first kappa shape index (κ1) is 20.3. The number of amides is 1. The summed E-state index contributed by atoms with van der Waals surface area (Å²) >= 11 is 0. The Morgan fingerprint density at radius 1 is 1.17 bits per heavy atom. The molecular formula is C25H30N2O3. The average molecular weight is 407 g/mol. The quantitative estimate of drug-likeness (QED) is 0.713. The highest BCUT2D eigenvalue weighted by Crippen LogP contribution is 2.38. The monoisotopic (exact) mass is 406 g/mol. The van der Waals surface area contributed by atoms with Gasteiger partial charge in [-0.1, -0.05) is 24.8 Å². The molecule has 0 aromatic heterocycles. The number of hydrogen-bond donors (Lipinski definition) is 1. The maximum Gasteiger partial charge on any atom is 0.227 e. The van der Waals surface area contributed by atoms with Gasteiger partial charge < -0.3 is 20.1 Å². The molecule has 1 saturated heterocycles. The first-order chi connectivity index (χ1) is 14.5. The van der Waals surface area contributed by atoms with Gasteiger partial charge in [0, 0.05) is 30.3 Å². The molecule has 4 rings (SSSR count). The summed E-state index contributed by atoms with van der Waals surface area (Å²) in [4.78, 5) is 14.6. The van der Waals surface area contributed by atoms with E-state index in [0.717, 1.165) is 41.2 Å². The molecule has 2 aromatic rings. The fourth-order valence-electron chi connectivity index (χ4n) is 4.39. The van der Waals surface area contributed by atoms with Crippen molar-refractivity contribution in [2.75, 3.05) is 18.1 Å². The van der Waals surface area contributed by atoms with E-state index in [0.29, 0.717) is 25.3 Å². The topological polar surface area (TPSA) is 64.8 Å². The highest BCUT2D eigenvalue weighted by atomic mass is 16.5. The van der Waals surface area contributed by atoms with Gasteiger partial charge in [-0.05, 0) is 68.0 Å². The van der Waals surface area contributed by atoms with Crippen molar-refractivity contribution in [1.29, 1.82) is 0 Å². The maximum atomic E-state index is 12.8. The normalized spacial score (nSPS) is 19.3. The Morgan fingerprint density at radius 2 is 1.97 bits per heavy atom. The molecule has 0 unspecified atom stereocenters. The molecule has 5 heteroatoms. The Labute approximate surface area is 178 Å². The molecular weight excluding hydrogens is 376 g/mol. The largest absolute Gasteiger partial charge is 0.490 e. The second-order valence-electron chi connectivity index (χ2n) is 8.14. The number of benzene rings is 2. The van der Waals surface area contributed by atoms with Crippen LogP contribution < -0.4 is 20.1 Å². The number of nitrogens with zero attached hydrogens (tertiary/aromatic N) is 1. The van der Waals surface area contributed by atoms with E-state index >= 15 is 0 Å². The van der Waals surface area contributed by atoms with E-state index in [4.69, 9.17) is 15.2 Å². The highest BCUT2D eigenvalue weighted by Gasteiger charge is 2.32. The first-order valence-corrected chi connectivity index (χ1v) is 10.8. The van der Waals surface area contributed by atoms with Gasteiger partial charge in [0.05, 0.1) is 12.7 Å². The summed E-state index contributed by atoms with van der Waals surface area (Å²) in [5.74, 6) is 1.81. The second kappa shape index (κ2) is 8.82. The lowest BCUT2D eigenvalue weighted by atomic mass is 9.98. The van der Waals surface area contributed by atoms with Crippen LogP contribution in [-0.4, -0.2) is 25.2 Å². The van der Waals surface area contributed by atoms with Crippen molar-refractivity contribution in [2.45, 2.75) is 51.0 Å². The van der Waals surface area contributed by atoms with E-state index < -0.39 is 0 Å². The van der Waals surface area contributed by atoms with Gasteiger partial charge in [-0.2, -0.15) is 0 Å². The highest BCUT2D eigenvalue weighted by molar-refractivity contribution is 5.96. The van der Waals surface area contributed by atoms with Crippen molar-refractivity contribution in [3.8, 4) is 11.5 Å². The molecule has 2 aromatic carbocycles. The summed E-state index contributed by atoms with van der Waals surface area (Å²) in [6.07, 6.45) is 5.35. The Hall–Kier alpha value is -2.95. The summed E-state index contributed by atoms with van der Waals surface area (Å²) in [5.41, 5.74) is 9.15. The van der Waals surface area contributed by atoms with Crippen LogP contribution in [0.2, 0.25) is 0 Å². The van der Waals surface area contributed by atoms with Crippen LogP contribution in [0, 0.1) is 0 Å². The van der Waals surface area contributed by atoms with Crippen LogP contribution in [0.5, 0.6) is 11.5 Å². The lowest BCUT2D eigenvalue weighted by Gasteiger charge is -2.20. The lowest BCUT2D eigenvalue weighted by Crippen LogP contribution is -2.24. The van der Waals surface area contributed by atoms with Gasteiger partial charge in [0.25, 0.3) is 0 Å². The Kier molecular flexibility index (Phi) is 5.98. The summed E-state index contributed by atoms with van der Waals surface area (Å²) in [7, 11) is 0. The van der Waals surface area contributed by atoms with Gasteiger partial charge >= 0.3 is 0 Å². The third-order valence-electron chi connectivity index (χ3n) is 5.99. The van der Waals surface area contributed by atoms with E-state index in [9.17, 15) is 4.79 Å². The van der Waals surface area contributed by atoms with E-state index in [1.54, 1.807) is 0 Å². The SMILES string of the molecule is C=C(N)c1cccc(N2C[C@@H](c3ccc(OCC)c(OC4CCCC4)c3)CC2=O)c1. The number of nitrogens with two attached hydrogens (primary N) is 1. The maximum absolute atomic E-state index is 12.8. The zero-order chi connectivity index (χ0) is 21.1. The van der Waals surface area contributed by atoms with Crippen LogP contribution in [-0.2, 0) is 4.79 Å². The molecule has 1 amide bonds. The number of carbonyl (C=O) groups is 1. The molecule has 1 saturated carbocycles. The fourth-order valence-corrected chi connectivity index (χ4v) is 4.39. The lowest BCUT2D eigenvalue weighted by molar-refractivity contribution is -0.117. The molecule has 158 valence electrons. The van der Waals surface area contributed by atoms with Crippen LogP contribution in [0.1, 0.15) is 56.1 Å². The molecule has 2 fully saturated rings. The smallest absolute Gasteiger partial charge is 0.227 e. The Bertz CT molecular complexity index is 934. The van der Waals surface area contributed by atoms with Crippen molar-refractivity contribution in [1.82, 2.24) is 0 Å². The van der Waals surface area contributed by atoms with Gasteiger partial charge in [0.15, 0.2) is 11.5 Å². The Morgan fingerprint density at radius 3 is 2.70 bits per heavy atom. The molecule has 1 aliphatic heterocycles. The summed E-state index contributed by atoms with van der Waals surface area (Å²) < 4.78 is 12.1. The van der Waals surface area contributed by atoms with E-state index in [2.05, 4.69) is 18.7 Å². The van der Waals surface area contributed by atoms with Gasteiger partial charge in [0.2, 0.25) is 5.91 Å². The number of carbonyl (C=O) groups excluding carboxylic acids is 1. The molecule has 30 heavy (non-hydrogen) atoms. The number of ether oxygens (including phenoxy) is 2. The molecule has 0 spiro atoms. The van der Waals surface area contributed by atoms with E-state index in [1.807, 2.05) is 42.2 Å². The molecule has 1 aliphatic carbocycles. The standard InChI is InChI=1S/C25H30N2O3/c1-3-29-23-12-11-19(14-24(23)30-22-9-4-5-10-22)20-15-25(28)27(16-20)21-8-6-7-18(13-21)17(2)26/h6-8,11-14,20,22H,2-5,9-10,15-16,26H2,1H3/t20-/m0/s1. The molecule has 0 radical (unpaired) electrons. The van der Waals surface area contributed by atoms with E-state index in [-0.39, 0.29) is 17.9 Å². The number of anilines is 1. The summed E-state index contributed by atoms with van der Waals surface area (Å²) in [6.45, 7) is 7.01. The van der Waals surface area contributed by atoms with Crippen molar-refractivity contribution in [3.05, 3.63) is 60.2 Å². The molecule has 5 nitrogen and oxygen atoms in total. The molecule has 1 atom stereocenters. The minimum atomic E-state index is 0.115. The zero-order valence-corrected chi connectivity index (χ0v) is 17.6. The van der Waals surface area contributed by atoms with Crippen LogP contribution in [0.25, 0.3) is 5.70 Å². The van der Waals surface area contributed by atoms with Crippen molar-refractivity contribution in [2.24, 2.45) is 5.73 Å². The van der Waals surface area contributed by atoms with Crippen LogP contribution >= 0.6 is 0 Å². The number of rotatable bonds is 7. The number of hydrogen-bond acceptors (Lipinski definition) is 4. The molecule has 0 bridgehead atoms. The molecule has 2 N–H and O–H groups in total. The predicted octanol–water partition coefficient (Wildman–Crippen LogP) is 4.86. The van der Waals surface area contributed by atoms with Gasteiger partial charge in [-0.25, -0.2) is 0 Å². The predicted molar refractivity (Wildman–Crippen MR) is 120 cm³/mol. The summed E-state index contributed by atoms with van der Waals surface area (Å²) in [5, 5.41) is 0. The van der Waals surface area contributed by atoms with Crippen molar-refractivity contribution in [3.63, 3.8) is 0 Å². The van der Waals surface area contributed by atoms with Gasteiger partial charge in [-0.15, -0.1) is 0 Å². The Balaban J connectivity index is 1.56. The third-order valence-corrected chi connectivity index (χ3v) is 5.99. The zero-order valence-electron chi connectivity index (χ0n) is 17.6. The van der Waals surface area contributed by atoms with Gasteiger partial charge in [0.1, 0.15) is 0 Å². The minimum absolute atomic E-state index is 0.115. The fraction of sp³-hybridized carbons (Fsp3) is 0.400. The van der Waals surface area contributed by atoms with Crippen LogP contribution in [0.15, 0.2) is 49.0 Å². The van der Waals surface area contributed by atoms with Gasteiger partial charge in [-0.3, -0.25) is 4.79 Å². The molecule has 1 heterocycles. The molecule has 2 aliphatic rings. The van der Waals surface area contributed by atoms with Crippen LogP contribution in [0.4, 0.5) is 5.69 Å².